The summed E-state index contributed by atoms with van der Waals surface area (Å²) >= 11 is 0. The van der Waals surface area contributed by atoms with Crippen molar-refractivity contribution in [3.63, 3.8) is 0 Å². The molecule has 0 saturated heterocycles. The second kappa shape index (κ2) is 11.8. The van der Waals surface area contributed by atoms with Crippen LogP contribution >= 0.6 is 0 Å². The van der Waals surface area contributed by atoms with Gasteiger partial charge in [0.1, 0.15) is 6.04 Å². The summed E-state index contributed by atoms with van der Waals surface area (Å²) in [5.74, 6) is -1.25. The van der Waals surface area contributed by atoms with Crippen LogP contribution in [-0.2, 0) is 14.4 Å². The van der Waals surface area contributed by atoms with Gasteiger partial charge in [-0.3, -0.25) is 29.4 Å². The number of imide groups is 2. The first-order chi connectivity index (χ1) is 13.0. The number of rotatable bonds is 12. The van der Waals surface area contributed by atoms with Gasteiger partial charge in [0.25, 0.3) is 5.91 Å². The van der Waals surface area contributed by atoms with E-state index in [1.54, 1.807) is 19.1 Å². The summed E-state index contributed by atoms with van der Waals surface area (Å²) in [5, 5.41) is 8.40. The normalized spacial score (nSPS) is 11.4. The average molecular weight is 376 g/mol. The van der Waals surface area contributed by atoms with Crippen LogP contribution in [0.1, 0.15) is 42.6 Å². The molecule has 148 valence electrons. The van der Waals surface area contributed by atoms with Crippen molar-refractivity contribution < 1.29 is 19.2 Å². The first-order valence-electron chi connectivity index (χ1n) is 9.07. The number of nitrogens with one attached hydrogen (secondary N) is 3. The zero-order valence-corrected chi connectivity index (χ0v) is 16.1. The van der Waals surface area contributed by atoms with Crippen molar-refractivity contribution in [2.45, 2.75) is 39.7 Å². The number of likely N-dealkylation sites (N-methyl/N-ethyl adjacent to an activating group) is 1. The Hall–Kier alpha value is -2.74. The molecule has 3 N–H and O–H groups in total. The molecule has 0 aromatic heterocycles. The Bertz CT molecular complexity index is 663. The molecule has 0 bridgehead atoms. The van der Waals surface area contributed by atoms with Crippen LogP contribution in [0.2, 0.25) is 0 Å². The van der Waals surface area contributed by atoms with Crippen molar-refractivity contribution in [2.24, 2.45) is 0 Å². The van der Waals surface area contributed by atoms with Gasteiger partial charge in [-0.15, -0.1) is 0 Å². The maximum atomic E-state index is 13.1. The van der Waals surface area contributed by atoms with Crippen molar-refractivity contribution >= 4 is 30.3 Å². The molecular formula is C19H28N4O4. The second-order valence-electron chi connectivity index (χ2n) is 6.03. The highest BCUT2D eigenvalue weighted by Crippen LogP contribution is 2.23. The van der Waals surface area contributed by atoms with Crippen LogP contribution in [0, 0.1) is 6.92 Å². The van der Waals surface area contributed by atoms with Crippen LogP contribution in [0.15, 0.2) is 18.2 Å². The Morgan fingerprint density at radius 1 is 1.19 bits per heavy atom. The third kappa shape index (κ3) is 6.18. The molecule has 4 amide bonds. The zero-order chi connectivity index (χ0) is 20.2. The molecule has 0 aliphatic rings. The van der Waals surface area contributed by atoms with Crippen molar-refractivity contribution in [1.82, 2.24) is 15.5 Å². The number of amides is 4. The smallest absolute Gasteiger partial charge is 0.263 e. The monoisotopic (exact) mass is 376 g/mol. The van der Waals surface area contributed by atoms with Gasteiger partial charge in [0.2, 0.25) is 18.7 Å². The van der Waals surface area contributed by atoms with Gasteiger partial charge in [0, 0.05) is 18.8 Å². The second-order valence-corrected chi connectivity index (χ2v) is 6.03. The molecule has 0 fully saturated rings. The van der Waals surface area contributed by atoms with Crippen LogP contribution in [0.4, 0.5) is 5.69 Å². The summed E-state index contributed by atoms with van der Waals surface area (Å²) in [6, 6.07) is 4.30. The fourth-order valence-corrected chi connectivity index (χ4v) is 2.78. The molecule has 8 nitrogen and oxygen atoms in total. The number of nitrogens with zero attached hydrogens (tertiary/aromatic N) is 1. The highest BCUT2D eigenvalue weighted by Gasteiger charge is 2.31. The highest BCUT2D eigenvalue weighted by atomic mass is 16.2. The van der Waals surface area contributed by atoms with E-state index in [2.05, 4.69) is 10.6 Å². The van der Waals surface area contributed by atoms with Gasteiger partial charge in [-0.1, -0.05) is 32.4 Å². The van der Waals surface area contributed by atoms with E-state index in [0.717, 1.165) is 18.0 Å². The number of hydrogen-bond donors (Lipinski definition) is 3. The first kappa shape index (κ1) is 22.3. The predicted molar refractivity (Wildman–Crippen MR) is 103 cm³/mol. The highest BCUT2D eigenvalue weighted by molar-refractivity contribution is 6.08. The Labute approximate surface area is 159 Å². The lowest BCUT2D eigenvalue weighted by molar-refractivity contribution is -0.133. The molecule has 27 heavy (non-hydrogen) atoms. The van der Waals surface area contributed by atoms with Crippen LogP contribution in [0.3, 0.4) is 0 Å². The Morgan fingerprint density at radius 3 is 2.52 bits per heavy atom. The molecular weight excluding hydrogens is 348 g/mol. The lowest BCUT2D eigenvalue weighted by Gasteiger charge is -2.26. The van der Waals surface area contributed by atoms with Crippen molar-refractivity contribution in [3.05, 3.63) is 29.3 Å². The molecule has 0 radical (unpaired) electrons. The zero-order valence-electron chi connectivity index (χ0n) is 16.1. The Balaban J connectivity index is 3.17. The van der Waals surface area contributed by atoms with E-state index >= 15 is 0 Å². The minimum absolute atomic E-state index is 0.250. The topological polar surface area (TPSA) is 108 Å². The van der Waals surface area contributed by atoms with Gasteiger partial charge in [-0.25, -0.2) is 0 Å². The van der Waals surface area contributed by atoms with E-state index in [9.17, 15) is 19.2 Å². The largest absolute Gasteiger partial charge is 0.383 e. The third-order valence-electron chi connectivity index (χ3n) is 4.10. The van der Waals surface area contributed by atoms with E-state index in [0.29, 0.717) is 36.2 Å². The molecule has 1 aromatic carbocycles. The Kier molecular flexibility index (Phi) is 9.74. The van der Waals surface area contributed by atoms with E-state index in [4.69, 9.17) is 0 Å². The van der Waals surface area contributed by atoms with E-state index in [-0.39, 0.29) is 12.8 Å². The maximum Gasteiger partial charge on any atom is 0.263 e. The Morgan fingerprint density at radius 2 is 1.93 bits per heavy atom. The van der Waals surface area contributed by atoms with Gasteiger partial charge in [-0.2, -0.15) is 0 Å². The SMILES string of the molecule is CCCC(C(=O)NC=O)N(C=O)C(=O)c1c(C)cccc1NCCNCC. The number of carbonyl (C=O) groups is 4. The van der Waals surface area contributed by atoms with Gasteiger partial charge in [0.15, 0.2) is 0 Å². The lowest BCUT2D eigenvalue weighted by Crippen LogP contribution is -2.49. The number of benzene rings is 1. The summed E-state index contributed by atoms with van der Waals surface area (Å²) in [7, 11) is 0. The minimum Gasteiger partial charge on any atom is -0.383 e. The first-order valence-corrected chi connectivity index (χ1v) is 9.07. The number of carbonyl (C=O) groups excluding carboxylic acids is 4. The summed E-state index contributed by atoms with van der Waals surface area (Å²) in [5.41, 5.74) is 1.61. The van der Waals surface area contributed by atoms with Gasteiger partial charge in [0.05, 0.1) is 5.56 Å². The quantitative estimate of drug-likeness (QED) is 0.372. The summed E-state index contributed by atoms with van der Waals surface area (Å²) in [6.45, 7) is 7.76. The van der Waals surface area contributed by atoms with Gasteiger partial charge < -0.3 is 10.6 Å². The van der Waals surface area contributed by atoms with E-state index in [1.165, 1.54) is 0 Å². The number of aryl methyl sites for hydroxylation is 1. The fraction of sp³-hybridized carbons (Fsp3) is 0.474. The van der Waals surface area contributed by atoms with Gasteiger partial charge in [-0.05, 0) is 31.5 Å². The third-order valence-corrected chi connectivity index (χ3v) is 4.10. The van der Waals surface area contributed by atoms with Crippen LogP contribution < -0.4 is 16.0 Å². The molecule has 1 aromatic rings. The maximum absolute atomic E-state index is 13.1. The molecule has 1 unspecified atom stereocenters. The van der Waals surface area contributed by atoms with Crippen molar-refractivity contribution in [1.29, 1.82) is 0 Å². The van der Waals surface area contributed by atoms with Crippen LogP contribution in [-0.4, -0.2) is 55.2 Å². The molecule has 8 heteroatoms. The molecule has 1 rings (SSSR count). The predicted octanol–water partition coefficient (Wildman–Crippen LogP) is 1.06. The summed E-state index contributed by atoms with van der Waals surface area (Å²) < 4.78 is 0. The average Bonchev–Trinajstić information content (AvgIpc) is 2.65. The fourth-order valence-electron chi connectivity index (χ4n) is 2.78. The molecule has 0 heterocycles. The minimum atomic E-state index is -1.04. The lowest BCUT2D eigenvalue weighted by atomic mass is 10.0. The van der Waals surface area contributed by atoms with Gasteiger partial charge >= 0.3 is 0 Å². The van der Waals surface area contributed by atoms with Crippen LogP contribution in [0.5, 0.6) is 0 Å². The van der Waals surface area contributed by atoms with E-state index in [1.807, 2.05) is 25.2 Å². The number of hydrogen-bond acceptors (Lipinski definition) is 6. The summed E-state index contributed by atoms with van der Waals surface area (Å²) in [4.78, 5) is 48.4. The standard InChI is InChI=1S/C19H28N4O4/c1-4-7-16(18(26)22-12-24)23(13-25)19(27)17-14(3)8-6-9-15(17)21-11-10-20-5-2/h6,8-9,12-13,16,20-21H,4-5,7,10-11H2,1-3H3,(H,22,24,26). The molecule has 0 aliphatic carbocycles. The van der Waals surface area contributed by atoms with Crippen molar-refractivity contribution in [2.75, 3.05) is 25.0 Å². The van der Waals surface area contributed by atoms with Crippen molar-refractivity contribution in [3.8, 4) is 0 Å². The van der Waals surface area contributed by atoms with Crippen LogP contribution in [0.25, 0.3) is 0 Å². The van der Waals surface area contributed by atoms with E-state index < -0.39 is 17.9 Å². The molecule has 1 atom stereocenters. The summed E-state index contributed by atoms with van der Waals surface area (Å²) in [6.07, 6.45) is 1.43. The number of anilines is 1. The molecule has 0 spiro atoms. The molecule has 0 aliphatic heterocycles. The molecule has 0 saturated carbocycles.